The molecule has 2 aliphatic rings. The lowest BCUT2D eigenvalue weighted by Crippen LogP contribution is -2.37. The molecule has 180 valence electrons. The maximum Gasteiger partial charge on any atom is 0.262 e. The molecule has 0 bridgehead atoms. The van der Waals surface area contributed by atoms with Gasteiger partial charge in [-0.1, -0.05) is 12.1 Å². The van der Waals surface area contributed by atoms with Crippen LogP contribution in [0.15, 0.2) is 42.5 Å². The number of nitrogens with zero attached hydrogens (tertiary/aromatic N) is 1. The molecule has 0 aliphatic carbocycles. The standard InChI is InChI=1S/C26H31N3O5/c1-17-5-3-7-23(18(17)2)28-24(30)16-34-21-10-8-20(9-11-21)29-15-19(13-25(29)31)26(32)27-14-22-6-4-12-33-22/h3,5,7-11,19,22H,4,6,12-16H2,1-2H3,(H,27,32)(H,28,30)/t19-,22-/m0/s1. The van der Waals surface area contributed by atoms with Crippen LogP contribution in [0.5, 0.6) is 5.75 Å². The Kier molecular flexibility index (Phi) is 7.47. The first-order valence-electron chi connectivity index (χ1n) is 11.7. The van der Waals surface area contributed by atoms with Crippen molar-refractivity contribution in [2.75, 3.05) is 36.5 Å². The Bertz CT molecular complexity index is 1050. The summed E-state index contributed by atoms with van der Waals surface area (Å²) in [6.45, 7) is 5.41. The average molecular weight is 466 g/mol. The number of nitrogens with one attached hydrogen (secondary N) is 2. The highest BCUT2D eigenvalue weighted by Crippen LogP contribution is 2.27. The molecule has 0 aromatic heterocycles. The van der Waals surface area contributed by atoms with Gasteiger partial charge in [-0.25, -0.2) is 0 Å². The largest absolute Gasteiger partial charge is 0.484 e. The van der Waals surface area contributed by atoms with Gasteiger partial charge in [0.15, 0.2) is 6.61 Å². The summed E-state index contributed by atoms with van der Waals surface area (Å²) >= 11 is 0. The molecule has 0 radical (unpaired) electrons. The molecule has 2 saturated heterocycles. The highest BCUT2D eigenvalue weighted by atomic mass is 16.5. The zero-order valence-corrected chi connectivity index (χ0v) is 19.6. The van der Waals surface area contributed by atoms with Crippen molar-refractivity contribution < 1.29 is 23.9 Å². The highest BCUT2D eigenvalue weighted by molar-refractivity contribution is 6.00. The summed E-state index contributed by atoms with van der Waals surface area (Å²) in [5.74, 6) is -0.291. The molecule has 0 unspecified atom stereocenters. The molecule has 2 aromatic rings. The van der Waals surface area contributed by atoms with Crippen molar-refractivity contribution in [3.05, 3.63) is 53.6 Å². The Hall–Kier alpha value is -3.39. The van der Waals surface area contributed by atoms with Crippen molar-refractivity contribution in [1.29, 1.82) is 0 Å². The molecule has 34 heavy (non-hydrogen) atoms. The minimum Gasteiger partial charge on any atom is -0.484 e. The molecular formula is C26H31N3O5. The second kappa shape index (κ2) is 10.7. The highest BCUT2D eigenvalue weighted by Gasteiger charge is 2.35. The zero-order chi connectivity index (χ0) is 24.1. The molecular weight excluding hydrogens is 434 g/mol. The number of carbonyl (C=O) groups is 3. The SMILES string of the molecule is Cc1cccc(NC(=O)COc2ccc(N3C[C@@H](C(=O)NC[C@@H]4CCCO4)CC3=O)cc2)c1C. The minimum atomic E-state index is -0.376. The normalized spacial score (nSPS) is 19.8. The van der Waals surface area contributed by atoms with Gasteiger partial charge < -0.3 is 25.0 Å². The van der Waals surface area contributed by atoms with E-state index in [4.69, 9.17) is 9.47 Å². The van der Waals surface area contributed by atoms with Gasteiger partial charge in [0.05, 0.1) is 12.0 Å². The lowest BCUT2D eigenvalue weighted by Gasteiger charge is -2.18. The Balaban J connectivity index is 1.26. The molecule has 0 spiro atoms. The first-order chi connectivity index (χ1) is 16.4. The topological polar surface area (TPSA) is 97.0 Å². The summed E-state index contributed by atoms with van der Waals surface area (Å²) in [4.78, 5) is 38.9. The third-order valence-corrected chi connectivity index (χ3v) is 6.42. The first-order valence-corrected chi connectivity index (χ1v) is 11.7. The van der Waals surface area contributed by atoms with E-state index >= 15 is 0 Å². The van der Waals surface area contributed by atoms with Crippen molar-refractivity contribution in [2.45, 2.75) is 39.2 Å². The number of rotatable bonds is 8. The summed E-state index contributed by atoms with van der Waals surface area (Å²) in [6.07, 6.45) is 2.24. The molecule has 4 rings (SSSR count). The quantitative estimate of drug-likeness (QED) is 0.625. The van der Waals surface area contributed by atoms with Crippen LogP contribution in [0.3, 0.4) is 0 Å². The number of carbonyl (C=O) groups excluding carboxylic acids is 3. The van der Waals surface area contributed by atoms with Crippen LogP contribution in [0.2, 0.25) is 0 Å². The fourth-order valence-electron chi connectivity index (χ4n) is 4.24. The predicted molar refractivity (Wildman–Crippen MR) is 129 cm³/mol. The number of ether oxygens (including phenoxy) is 2. The van der Waals surface area contributed by atoms with Gasteiger partial charge in [0, 0.05) is 37.5 Å². The van der Waals surface area contributed by atoms with Crippen LogP contribution in [0, 0.1) is 19.8 Å². The fraction of sp³-hybridized carbons (Fsp3) is 0.423. The van der Waals surface area contributed by atoms with Gasteiger partial charge in [0.1, 0.15) is 5.75 Å². The van der Waals surface area contributed by atoms with E-state index in [1.54, 1.807) is 29.2 Å². The number of hydrogen-bond acceptors (Lipinski definition) is 5. The molecule has 3 amide bonds. The van der Waals surface area contributed by atoms with Gasteiger partial charge in [0.2, 0.25) is 11.8 Å². The maximum absolute atomic E-state index is 12.5. The van der Waals surface area contributed by atoms with Crippen LogP contribution in [-0.4, -0.2) is 50.1 Å². The van der Waals surface area contributed by atoms with Gasteiger partial charge in [-0.3, -0.25) is 14.4 Å². The molecule has 2 fully saturated rings. The number of benzene rings is 2. The molecule has 0 saturated carbocycles. The van der Waals surface area contributed by atoms with E-state index in [0.29, 0.717) is 24.5 Å². The van der Waals surface area contributed by atoms with E-state index in [9.17, 15) is 14.4 Å². The summed E-state index contributed by atoms with van der Waals surface area (Å²) in [7, 11) is 0. The Morgan fingerprint density at radius 1 is 1.15 bits per heavy atom. The molecule has 2 aliphatic heterocycles. The van der Waals surface area contributed by atoms with Crippen molar-refractivity contribution >= 4 is 29.1 Å². The lowest BCUT2D eigenvalue weighted by molar-refractivity contribution is -0.126. The van der Waals surface area contributed by atoms with E-state index < -0.39 is 0 Å². The molecule has 8 nitrogen and oxygen atoms in total. The van der Waals surface area contributed by atoms with Crippen molar-refractivity contribution in [3.8, 4) is 5.75 Å². The zero-order valence-electron chi connectivity index (χ0n) is 19.6. The van der Waals surface area contributed by atoms with Crippen molar-refractivity contribution in [2.24, 2.45) is 5.92 Å². The third kappa shape index (κ3) is 5.75. The van der Waals surface area contributed by atoms with Crippen molar-refractivity contribution in [3.63, 3.8) is 0 Å². The van der Waals surface area contributed by atoms with Crippen molar-refractivity contribution in [1.82, 2.24) is 5.32 Å². The van der Waals surface area contributed by atoms with Crippen LogP contribution < -0.4 is 20.3 Å². The van der Waals surface area contributed by atoms with E-state index in [1.165, 1.54) is 0 Å². The van der Waals surface area contributed by atoms with Gasteiger partial charge in [0.25, 0.3) is 5.91 Å². The van der Waals surface area contributed by atoms with Crippen LogP contribution in [0.1, 0.15) is 30.4 Å². The minimum absolute atomic E-state index is 0.0765. The van der Waals surface area contributed by atoms with Gasteiger partial charge in [-0.2, -0.15) is 0 Å². The summed E-state index contributed by atoms with van der Waals surface area (Å²) in [5.41, 5.74) is 3.60. The second-order valence-electron chi connectivity index (χ2n) is 8.86. The van der Waals surface area contributed by atoms with E-state index in [-0.39, 0.29) is 42.8 Å². The van der Waals surface area contributed by atoms with E-state index in [2.05, 4.69) is 10.6 Å². The van der Waals surface area contributed by atoms with Crippen LogP contribution >= 0.6 is 0 Å². The predicted octanol–water partition coefficient (Wildman–Crippen LogP) is 2.97. The molecule has 2 heterocycles. The first kappa shape index (κ1) is 23.8. The van der Waals surface area contributed by atoms with E-state index in [0.717, 1.165) is 36.3 Å². The van der Waals surface area contributed by atoms with Crippen LogP contribution in [0.4, 0.5) is 11.4 Å². The third-order valence-electron chi connectivity index (χ3n) is 6.42. The van der Waals surface area contributed by atoms with Gasteiger partial charge >= 0.3 is 0 Å². The van der Waals surface area contributed by atoms with Gasteiger partial charge in [-0.05, 0) is 68.1 Å². The number of anilines is 2. The lowest BCUT2D eigenvalue weighted by atomic mass is 10.1. The summed E-state index contributed by atoms with van der Waals surface area (Å²) < 4.78 is 11.1. The van der Waals surface area contributed by atoms with Gasteiger partial charge in [-0.15, -0.1) is 0 Å². The monoisotopic (exact) mass is 465 g/mol. The van der Waals surface area contributed by atoms with Crippen LogP contribution in [-0.2, 0) is 19.1 Å². The molecule has 8 heteroatoms. The maximum atomic E-state index is 12.5. The number of hydrogen-bond donors (Lipinski definition) is 2. The summed E-state index contributed by atoms with van der Waals surface area (Å²) in [5, 5.41) is 5.78. The summed E-state index contributed by atoms with van der Waals surface area (Å²) in [6, 6.07) is 12.7. The molecule has 2 aromatic carbocycles. The Labute approximate surface area is 199 Å². The molecule has 2 N–H and O–H groups in total. The number of amides is 3. The number of aryl methyl sites for hydroxylation is 1. The Morgan fingerprint density at radius 3 is 2.68 bits per heavy atom. The van der Waals surface area contributed by atoms with E-state index in [1.807, 2.05) is 32.0 Å². The Morgan fingerprint density at radius 2 is 1.94 bits per heavy atom. The fourth-order valence-corrected chi connectivity index (χ4v) is 4.24. The average Bonchev–Trinajstić information content (AvgIpc) is 3.49. The van der Waals surface area contributed by atoms with Crippen LogP contribution in [0.25, 0.3) is 0 Å². The smallest absolute Gasteiger partial charge is 0.262 e. The molecule has 2 atom stereocenters. The second-order valence-corrected chi connectivity index (χ2v) is 8.86.